The van der Waals surface area contributed by atoms with Crippen LogP contribution in [0.5, 0.6) is 0 Å². The lowest BCUT2D eigenvalue weighted by atomic mass is 9.94. The Labute approximate surface area is 169 Å². The highest BCUT2D eigenvalue weighted by Crippen LogP contribution is 2.51. The number of carbonyl (C=O) groups excluding carboxylic acids is 1. The van der Waals surface area contributed by atoms with Crippen LogP contribution in [0.15, 0.2) is 23.7 Å². The topological polar surface area (TPSA) is 91.0 Å². The highest BCUT2D eigenvalue weighted by Gasteiger charge is 2.63. The molecule has 1 aromatic rings. The van der Waals surface area contributed by atoms with Crippen molar-refractivity contribution in [1.29, 1.82) is 0 Å². The summed E-state index contributed by atoms with van der Waals surface area (Å²) < 4.78 is 1.62. The van der Waals surface area contributed by atoms with Gasteiger partial charge in [-0.1, -0.05) is 0 Å². The van der Waals surface area contributed by atoms with Gasteiger partial charge in [0.25, 0.3) is 5.91 Å². The van der Waals surface area contributed by atoms with Gasteiger partial charge >= 0.3 is 5.97 Å². The van der Waals surface area contributed by atoms with Gasteiger partial charge in [0.2, 0.25) is 0 Å². The molecule has 0 bridgehead atoms. The molecular weight excluding hydrogens is 378 g/mol. The number of amides is 1. The second kappa shape index (κ2) is 7.42. The normalized spacial score (nSPS) is 29.9. The summed E-state index contributed by atoms with van der Waals surface area (Å²) in [4.78, 5) is 36.3. The number of rotatable bonds is 6. The highest BCUT2D eigenvalue weighted by atomic mass is 32.2. The quantitative estimate of drug-likeness (QED) is 0.438. The molecule has 1 aromatic heterocycles. The molecule has 4 heterocycles. The molecule has 152 valence electrons. The lowest BCUT2D eigenvalue weighted by Crippen LogP contribution is -2.65. The van der Waals surface area contributed by atoms with Crippen LogP contribution in [0.4, 0.5) is 0 Å². The number of carbonyl (C=O) groups is 2. The van der Waals surface area contributed by atoms with Gasteiger partial charge in [-0.25, -0.2) is 9.78 Å². The number of carboxylic acid groups (broad SMARTS) is 1. The van der Waals surface area contributed by atoms with Crippen molar-refractivity contribution in [2.75, 3.05) is 13.1 Å². The molecule has 1 amide bonds. The number of likely N-dealkylation sites (tertiary alicyclic amines) is 1. The van der Waals surface area contributed by atoms with E-state index in [4.69, 9.17) is 0 Å². The van der Waals surface area contributed by atoms with Crippen molar-refractivity contribution in [3.63, 3.8) is 0 Å². The Hall–Kier alpha value is -2.03. The summed E-state index contributed by atoms with van der Waals surface area (Å²) >= 11 is 1.54. The number of aliphatic imine (C=N–C) groups is 1. The van der Waals surface area contributed by atoms with Gasteiger partial charge in [-0.2, -0.15) is 0 Å². The summed E-state index contributed by atoms with van der Waals surface area (Å²) in [6.45, 7) is 6.67. The van der Waals surface area contributed by atoms with E-state index in [1.807, 2.05) is 38.9 Å². The van der Waals surface area contributed by atoms with Crippen molar-refractivity contribution in [2.24, 2.45) is 10.9 Å². The van der Waals surface area contributed by atoms with E-state index in [-0.39, 0.29) is 11.3 Å². The standard InChI is InChI=1S/C19H27N5O3S/c1-19(2)15(18(26)27)24-16(25)14(17(24)28-19)21-12-22-7-3-13(4-8-22)5-9-23-10-6-20-11-23/h6,10-15,17H,3-5,7-9H2,1-2H3,(H,26,27)/t14?,15-,17?/m0/s1. The fourth-order valence-electron chi connectivity index (χ4n) is 4.40. The van der Waals surface area contributed by atoms with Crippen LogP contribution >= 0.6 is 11.8 Å². The first-order valence-electron chi connectivity index (χ1n) is 9.83. The van der Waals surface area contributed by atoms with Gasteiger partial charge in [0, 0.05) is 36.8 Å². The molecule has 9 heteroatoms. The Morgan fingerprint density at radius 2 is 2.18 bits per heavy atom. The van der Waals surface area contributed by atoms with Gasteiger partial charge in [0.05, 0.1) is 12.7 Å². The van der Waals surface area contributed by atoms with Crippen LogP contribution in [0.3, 0.4) is 0 Å². The first kappa shape index (κ1) is 19.3. The van der Waals surface area contributed by atoms with Gasteiger partial charge in [-0.3, -0.25) is 9.79 Å². The molecule has 3 saturated heterocycles. The van der Waals surface area contributed by atoms with Crippen molar-refractivity contribution < 1.29 is 14.7 Å². The molecule has 1 N–H and O–H groups in total. The smallest absolute Gasteiger partial charge is 0.327 e. The Kier molecular flexibility index (Phi) is 5.11. The van der Waals surface area contributed by atoms with Crippen LogP contribution in [0.2, 0.25) is 0 Å². The zero-order valence-corrected chi connectivity index (χ0v) is 17.1. The first-order chi connectivity index (χ1) is 13.4. The fourth-order valence-corrected chi connectivity index (χ4v) is 6.02. The number of imidazole rings is 1. The predicted octanol–water partition coefficient (Wildman–Crippen LogP) is 1.53. The second-order valence-corrected chi connectivity index (χ2v) is 10.1. The lowest BCUT2D eigenvalue weighted by Gasteiger charge is -2.41. The average Bonchev–Trinajstić information content (AvgIpc) is 3.25. The molecule has 8 nitrogen and oxygen atoms in total. The number of thioether (sulfide) groups is 1. The van der Waals surface area contributed by atoms with Gasteiger partial charge < -0.3 is 19.5 Å². The molecule has 28 heavy (non-hydrogen) atoms. The molecular formula is C19H27N5O3S. The van der Waals surface area contributed by atoms with Gasteiger partial charge in [0.1, 0.15) is 11.4 Å². The molecule has 0 aliphatic carbocycles. The maximum Gasteiger partial charge on any atom is 0.327 e. The minimum Gasteiger partial charge on any atom is -0.480 e. The van der Waals surface area contributed by atoms with Crippen LogP contribution in [0, 0.1) is 5.92 Å². The molecule has 0 spiro atoms. The first-order valence-corrected chi connectivity index (χ1v) is 10.7. The number of aryl methyl sites for hydroxylation is 1. The van der Waals surface area contributed by atoms with Crippen molar-refractivity contribution >= 4 is 30.0 Å². The second-order valence-electron chi connectivity index (χ2n) is 8.38. The van der Waals surface area contributed by atoms with Gasteiger partial charge in [-0.15, -0.1) is 11.8 Å². The molecule has 0 aromatic carbocycles. The summed E-state index contributed by atoms with van der Waals surface area (Å²) in [6.07, 6.45) is 10.9. The number of nitrogens with zero attached hydrogens (tertiary/aromatic N) is 5. The number of piperidine rings is 1. The minimum atomic E-state index is -0.937. The Bertz CT molecular complexity index is 758. The van der Waals surface area contributed by atoms with Crippen molar-refractivity contribution in [2.45, 2.75) is 61.9 Å². The number of hydrogen-bond donors (Lipinski definition) is 1. The minimum absolute atomic E-state index is 0.160. The van der Waals surface area contributed by atoms with Crippen molar-refractivity contribution in [1.82, 2.24) is 19.4 Å². The van der Waals surface area contributed by atoms with Crippen LogP contribution in [0.25, 0.3) is 0 Å². The van der Waals surface area contributed by atoms with E-state index < -0.39 is 22.8 Å². The van der Waals surface area contributed by atoms with Crippen molar-refractivity contribution in [3.05, 3.63) is 18.7 Å². The summed E-state index contributed by atoms with van der Waals surface area (Å²) in [5.41, 5.74) is 0. The maximum absolute atomic E-state index is 12.5. The molecule has 3 atom stereocenters. The maximum atomic E-state index is 12.5. The highest BCUT2D eigenvalue weighted by molar-refractivity contribution is 8.01. The van der Waals surface area contributed by atoms with E-state index in [1.165, 1.54) is 4.90 Å². The fraction of sp³-hybridized carbons (Fsp3) is 0.684. The molecule has 2 unspecified atom stereocenters. The third-order valence-electron chi connectivity index (χ3n) is 6.04. The average molecular weight is 406 g/mol. The third kappa shape index (κ3) is 3.52. The molecule has 4 rings (SSSR count). The third-order valence-corrected chi connectivity index (χ3v) is 7.60. The van der Waals surface area contributed by atoms with E-state index in [0.717, 1.165) is 38.9 Å². The van der Waals surface area contributed by atoms with E-state index >= 15 is 0 Å². The SMILES string of the molecule is CC1(C)SC2C(N=CN3CCC(CCn4ccnc4)CC3)C(=O)N2[C@H]1C(=O)O. The summed E-state index contributed by atoms with van der Waals surface area (Å²) in [5, 5.41) is 9.32. The summed E-state index contributed by atoms with van der Waals surface area (Å²) in [5.74, 6) is -0.397. The largest absolute Gasteiger partial charge is 0.480 e. The van der Waals surface area contributed by atoms with Gasteiger partial charge in [-0.05, 0) is 39.0 Å². The Balaban J connectivity index is 1.27. The van der Waals surface area contributed by atoms with Crippen molar-refractivity contribution in [3.8, 4) is 0 Å². The predicted molar refractivity (Wildman–Crippen MR) is 107 cm³/mol. The number of β-lactam (4-membered cyclic amide) rings is 1. The molecule has 3 aliphatic rings. The van der Waals surface area contributed by atoms with Gasteiger partial charge in [0.15, 0.2) is 6.04 Å². The number of carboxylic acids is 1. The van der Waals surface area contributed by atoms with Crippen LogP contribution in [-0.2, 0) is 16.1 Å². The molecule has 0 saturated carbocycles. The molecule has 3 fully saturated rings. The van der Waals surface area contributed by atoms with E-state index in [0.29, 0.717) is 5.92 Å². The zero-order chi connectivity index (χ0) is 19.9. The van der Waals surface area contributed by atoms with Crippen LogP contribution in [0.1, 0.15) is 33.1 Å². The Morgan fingerprint density at radius 1 is 1.43 bits per heavy atom. The summed E-state index contributed by atoms with van der Waals surface area (Å²) in [7, 11) is 0. The zero-order valence-electron chi connectivity index (χ0n) is 16.3. The number of aliphatic carboxylic acids is 1. The number of hydrogen-bond acceptors (Lipinski definition) is 5. The van der Waals surface area contributed by atoms with Crippen LogP contribution in [-0.4, -0.2) is 78.0 Å². The number of fused-ring (bicyclic) bond motifs is 1. The van der Waals surface area contributed by atoms with Crippen LogP contribution < -0.4 is 0 Å². The Morgan fingerprint density at radius 3 is 2.82 bits per heavy atom. The number of aromatic nitrogens is 2. The molecule has 0 radical (unpaired) electrons. The monoisotopic (exact) mass is 405 g/mol. The van der Waals surface area contributed by atoms with E-state index in [2.05, 4.69) is 19.4 Å². The van der Waals surface area contributed by atoms with E-state index in [1.54, 1.807) is 11.8 Å². The lowest BCUT2D eigenvalue weighted by molar-refractivity contribution is -0.158. The van der Waals surface area contributed by atoms with E-state index in [9.17, 15) is 14.7 Å². The summed E-state index contributed by atoms with van der Waals surface area (Å²) in [6, 6.07) is -1.22. The molecule has 3 aliphatic heterocycles.